The van der Waals surface area contributed by atoms with Crippen molar-refractivity contribution in [3.05, 3.63) is 36.0 Å². The Hall–Kier alpha value is -2.76. The van der Waals surface area contributed by atoms with Crippen molar-refractivity contribution in [3.63, 3.8) is 0 Å². The molecular weight excluding hydrogens is 366 g/mol. The molecule has 1 unspecified atom stereocenters. The summed E-state index contributed by atoms with van der Waals surface area (Å²) in [5, 5.41) is 0.932. The molecule has 1 aliphatic carbocycles. The second-order valence-corrected chi connectivity index (χ2v) is 7.94. The average molecular weight is 396 g/mol. The Morgan fingerprint density at radius 1 is 1.07 bits per heavy atom. The van der Waals surface area contributed by atoms with Gasteiger partial charge < -0.3 is 20.1 Å². The number of methoxy groups -OCH3 is 2. The quantitative estimate of drug-likeness (QED) is 0.795. The van der Waals surface area contributed by atoms with E-state index >= 15 is 0 Å². The number of carbonyl (C=O) groups is 1. The van der Waals surface area contributed by atoms with Crippen LogP contribution in [0.1, 0.15) is 43.7 Å². The number of anilines is 1. The van der Waals surface area contributed by atoms with Gasteiger partial charge in [-0.2, -0.15) is 0 Å². The number of aromatic nitrogens is 1. The summed E-state index contributed by atoms with van der Waals surface area (Å²) in [6.07, 6.45) is 8.97. The molecule has 0 spiro atoms. The van der Waals surface area contributed by atoms with E-state index in [2.05, 4.69) is 12.2 Å². The third-order valence-corrected chi connectivity index (χ3v) is 6.19. The summed E-state index contributed by atoms with van der Waals surface area (Å²) in [7, 11) is 3.24. The van der Waals surface area contributed by atoms with Gasteiger partial charge in [-0.25, -0.2) is 0 Å². The van der Waals surface area contributed by atoms with E-state index < -0.39 is 0 Å². The van der Waals surface area contributed by atoms with Gasteiger partial charge >= 0.3 is 0 Å². The lowest BCUT2D eigenvalue weighted by atomic mass is 9.89. The van der Waals surface area contributed by atoms with Crippen LogP contribution in [-0.2, 0) is 4.79 Å². The number of rotatable bonds is 4. The van der Waals surface area contributed by atoms with Crippen LogP contribution in [0.4, 0.5) is 5.69 Å². The number of nitrogen functional groups attached to an aromatic ring is 1. The fourth-order valence-electron chi connectivity index (χ4n) is 4.51. The lowest BCUT2D eigenvalue weighted by molar-refractivity contribution is -0.136. The van der Waals surface area contributed by atoms with Gasteiger partial charge in [-0.1, -0.05) is 12.2 Å². The predicted molar refractivity (Wildman–Crippen MR) is 114 cm³/mol. The van der Waals surface area contributed by atoms with E-state index in [1.54, 1.807) is 14.2 Å². The second-order valence-electron chi connectivity index (χ2n) is 7.94. The summed E-state index contributed by atoms with van der Waals surface area (Å²) >= 11 is 0. The van der Waals surface area contributed by atoms with Gasteiger partial charge in [0.25, 0.3) is 0 Å². The smallest absolute Gasteiger partial charge is 0.226 e. The fraction of sp³-hybridized carbons (Fsp3) is 0.478. The van der Waals surface area contributed by atoms with E-state index in [0.29, 0.717) is 23.1 Å². The van der Waals surface area contributed by atoms with Gasteiger partial charge in [0.05, 0.1) is 31.1 Å². The number of benzene rings is 1. The normalized spacial score (nSPS) is 20.1. The molecule has 2 heterocycles. The minimum atomic E-state index is 0.155. The predicted octanol–water partition coefficient (Wildman–Crippen LogP) is 3.90. The lowest BCUT2D eigenvalue weighted by Crippen LogP contribution is -2.41. The Labute approximate surface area is 171 Å². The van der Waals surface area contributed by atoms with Crippen molar-refractivity contribution in [2.24, 2.45) is 5.92 Å². The van der Waals surface area contributed by atoms with Crippen molar-refractivity contribution in [3.8, 4) is 11.5 Å². The molecule has 2 aromatic rings. The number of likely N-dealkylation sites (tertiary alicyclic amines) is 1. The number of nitrogens with two attached hydrogens (primary N) is 1. The molecule has 1 saturated heterocycles. The monoisotopic (exact) mass is 395 g/mol. The molecular formula is C23H29N3O3. The topological polar surface area (TPSA) is 77.7 Å². The van der Waals surface area contributed by atoms with Crippen molar-refractivity contribution in [2.45, 2.75) is 38.0 Å². The number of amides is 1. The Morgan fingerprint density at radius 2 is 1.79 bits per heavy atom. The van der Waals surface area contributed by atoms with Crippen molar-refractivity contribution in [1.82, 2.24) is 9.88 Å². The third-order valence-electron chi connectivity index (χ3n) is 6.19. The Balaban J connectivity index is 1.51. The molecule has 2 aliphatic rings. The van der Waals surface area contributed by atoms with Crippen LogP contribution in [0.3, 0.4) is 0 Å². The molecule has 1 fully saturated rings. The van der Waals surface area contributed by atoms with E-state index in [-0.39, 0.29) is 11.8 Å². The SMILES string of the molecule is COc1cc2cc(N)c(C3CCN(C(=O)C4CC=CCC4)CC3)nc2cc1OC. The molecule has 6 heteroatoms. The maximum atomic E-state index is 12.8. The first-order valence-electron chi connectivity index (χ1n) is 10.4. The largest absolute Gasteiger partial charge is 0.493 e. The van der Waals surface area contributed by atoms with E-state index in [0.717, 1.165) is 61.8 Å². The zero-order valence-electron chi connectivity index (χ0n) is 17.2. The highest BCUT2D eigenvalue weighted by atomic mass is 16.5. The van der Waals surface area contributed by atoms with Gasteiger partial charge in [0.1, 0.15) is 0 Å². The van der Waals surface area contributed by atoms with Gasteiger partial charge in [-0.05, 0) is 44.2 Å². The van der Waals surface area contributed by atoms with Crippen LogP contribution in [0.15, 0.2) is 30.4 Å². The zero-order valence-corrected chi connectivity index (χ0v) is 17.2. The minimum absolute atomic E-state index is 0.155. The molecule has 2 N–H and O–H groups in total. The molecule has 154 valence electrons. The second kappa shape index (κ2) is 8.31. The van der Waals surface area contributed by atoms with E-state index in [9.17, 15) is 4.79 Å². The van der Waals surface area contributed by atoms with E-state index in [4.69, 9.17) is 20.2 Å². The van der Waals surface area contributed by atoms with Crippen LogP contribution in [-0.4, -0.2) is 43.1 Å². The van der Waals surface area contributed by atoms with Crippen molar-refractivity contribution >= 4 is 22.5 Å². The van der Waals surface area contributed by atoms with Gasteiger partial charge in [0.15, 0.2) is 11.5 Å². The van der Waals surface area contributed by atoms with Gasteiger partial charge in [-0.3, -0.25) is 9.78 Å². The number of carbonyl (C=O) groups excluding carboxylic acids is 1. The first-order valence-corrected chi connectivity index (χ1v) is 10.4. The number of hydrogen-bond donors (Lipinski definition) is 1. The standard InChI is InChI=1S/C23H29N3O3/c1-28-20-13-17-12-18(24)22(25-19(17)14-21(20)29-2)15-8-10-26(11-9-15)23(27)16-6-4-3-5-7-16/h3-4,12-16H,5-11,24H2,1-2H3. The molecule has 1 atom stereocenters. The first kappa shape index (κ1) is 19.6. The number of fused-ring (bicyclic) bond motifs is 1. The summed E-state index contributed by atoms with van der Waals surface area (Å²) in [5.41, 5.74) is 8.84. The number of piperidine rings is 1. The Bertz CT molecular complexity index is 933. The van der Waals surface area contributed by atoms with Crippen LogP contribution < -0.4 is 15.2 Å². The average Bonchev–Trinajstić information content (AvgIpc) is 2.78. The fourth-order valence-corrected chi connectivity index (χ4v) is 4.51. The highest BCUT2D eigenvalue weighted by molar-refractivity contribution is 5.86. The summed E-state index contributed by atoms with van der Waals surface area (Å²) in [4.78, 5) is 19.7. The summed E-state index contributed by atoms with van der Waals surface area (Å²) in [6.45, 7) is 1.55. The van der Waals surface area contributed by atoms with Gasteiger partial charge in [-0.15, -0.1) is 0 Å². The van der Waals surface area contributed by atoms with Crippen LogP contribution in [0.5, 0.6) is 11.5 Å². The molecule has 1 aromatic heterocycles. The summed E-state index contributed by atoms with van der Waals surface area (Å²) in [5.74, 6) is 2.05. The van der Waals surface area contributed by atoms with E-state index in [1.807, 2.05) is 23.1 Å². The van der Waals surface area contributed by atoms with Crippen molar-refractivity contribution in [1.29, 1.82) is 0 Å². The van der Waals surface area contributed by atoms with Crippen LogP contribution in [0.2, 0.25) is 0 Å². The van der Waals surface area contributed by atoms with Crippen LogP contribution in [0.25, 0.3) is 10.9 Å². The number of hydrogen-bond acceptors (Lipinski definition) is 5. The molecule has 1 amide bonds. The zero-order chi connectivity index (χ0) is 20.4. The number of pyridine rings is 1. The lowest BCUT2D eigenvalue weighted by Gasteiger charge is -2.34. The Kier molecular flexibility index (Phi) is 5.60. The molecule has 4 rings (SSSR count). The summed E-state index contributed by atoms with van der Waals surface area (Å²) < 4.78 is 10.8. The molecule has 1 aromatic carbocycles. The molecule has 29 heavy (non-hydrogen) atoms. The van der Waals surface area contributed by atoms with Gasteiger partial charge in [0.2, 0.25) is 5.91 Å². The highest BCUT2D eigenvalue weighted by Gasteiger charge is 2.30. The van der Waals surface area contributed by atoms with Crippen molar-refractivity contribution < 1.29 is 14.3 Å². The molecule has 0 saturated carbocycles. The third kappa shape index (κ3) is 3.88. The Morgan fingerprint density at radius 3 is 2.45 bits per heavy atom. The molecule has 0 bridgehead atoms. The highest BCUT2D eigenvalue weighted by Crippen LogP contribution is 2.36. The summed E-state index contributed by atoms with van der Waals surface area (Å²) in [6, 6.07) is 5.76. The number of allylic oxidation sites excluding steroid dienone is 2. The minimum Gasteiger partial charge on any atom is -0.493 e. The molecule has 6 nitrogen and oxygen atoms in total. The number of nitrogens with zero attached hydrogens (tertiary/aromatic N) is 2. The molecule has 1 aliphatic heterocycles. The molecule has 0 radical (unpaired) electrons. The van der Waals surface area contributed by atoms with Crippen molar-refractivity contribution in [2.75, 3.05) is 33.0 Å². The number of ether oxygens (including phenoxy) is 2. The maximum Gasteiger partial charge on any atom is 0.226 e. The van der Waals surface area contributed by atoms with Crippen LogP contribution in [0, 0.1) is 5.92 Å². The van der Waals surface area contributed by atoms with E-state index in [1.165, 1.54) is 0 Å². The first-order chi connectivity index (χ1) is 14.1. The maximum absolute atomic E-state index is 12.8. The van der Waals surface area contributed by atoms with Crippen LogP contribution >= 0.6 is 0 Å². The van der Waals surface area contributed by atoms with Gasteiger partial charge in [0, 0.05) is 36.4 Å².